The van der Waals surface area contributed by atoms with Crippen LogP contribution in [0.2, 0.25) is 0 Å². The molecule has 0 radical (unpaired) electrons. The zero-order chi connectivity index (χ0) is 10.6. The molecule has 4 heteroatoms. The molecule has 0 saturated heterocycles. The van der Waals surface area contributed by atoms with E-state index in [0.717, 1.165) is 0 Å². The molecule has 1 aromatic carbocycles. The summed E-state index contributed by atoms with van der Waals surface area (Å²) in [6.07, 6.45) is 0. The van der Waals surface area contributed by atoms with E-state index in [1.807, 2.05) is 0 Å². The third-order valence-corrected chi connectivity index (χ3v) is 1.85. The minimum absolute atomic E-state index is 0.433. The van der Waals surface area contributed by atoms with Gasteiger partial charge in [0, 0.05) is 4.53 Å². The second-order valence-electron chi connectivity index (χ2n) is 2.85. The van der Waals surface area contributed by atoms with Gasteiger partial charge in [0.25, 0.3) is 0 Å². The van der Waals surface area contributed by atoms with Gasteiger partial charge in [-0.1, -0.05) is 30.3 Å². The lowest BCUT2D eigenvalue weighted by atomic mass is 9.96. The van der Waals surface area contributed by atoms with Crippen LogP contribution in [0.15, 0.2) is 30.3 Å². The first kappa shape index (κ1) is 10.4. The number of benzene rings is 1. The molecule has 0 N–H and O–H groups in total. The molecule has 0 saturated carbocycles. The van der Waals surface area contributed by atoms with Gasteiger partial charge in [-0.25, -0.2) is 4.79 Å². The second-order valence-corrected chi connectivity index (χ2v) is 2.85. The van der Waals surface area contributed by atoms with Crippen LogP contribution in [0.5, 0.6) is 0 Å². The summed E-state index contributed by atoms with van der Waals surface area (Å²) >= 11 is 0. The molecule has 1 rings (SSSR count). The Balaban J connectivity index is 3.01. The highest BCUT2D eigenvalue weighted by Gasteiger charge is 2.27. The molecule has 0 spiro atoms. The van der Waals surface area contributed by atoms with E-state index in [4.69, 9.17) is 0 Å². The molecule has 1 atom stereocenters. The number of carbonyl (C=O) groups is 2. The van der Waals surface area contributed by atoms with Crippen LogP contribution >= 0.6 is 0 Å². The van der Waals surface area contributed by atoms with Crippen LogP contribution in [-0.2, 0) is 14.5 Å². The number of ketones is 1. The fourth-order valence-electron chi connectivity index (χ4n) is 1.23. The molecule has 3 nitrogen and oxygen atoms in total. The highest BCUT2D eigenvalue weighted by Crippen LogP contribution is 2.18. The molecule has 0 aliphatic carbocycles. The Labute approximate surface area is 80.4 Å². The average molecular weight is 196 g/mol. The minimum Gasteiger partial charge on any atom is -0.299 e. The highest BCUT2D eigenvalue weighted by molar-refractivity contribution is 6.03. The monoisotopic (exact) mass is 196 g/mol. The van der Waals surface area contributed by atoms with E-state index in [2.05, 4.69) is 4.94 Å². The van der Waals surface area contributed by atoms with Gasteiger partial charge in [-0.2, -0.15) is 0 Å². The van der Waals surface area contributed by atoms with Crippen LogP contribution in [0.3, 0.4) is 0 Å². The summed E-state index contributed by atoms with van der Waals surface area (Å²) < 4.78 is 11.7. The van der Waals surface area contributed by atoms with Crippen molar-refractivity contribution in [1.29, 1.82) is 0 Å². The van der Waals surface area contributed by atoms with E-state index < -0.39 is 17.7 Å². The summed E-state index contributed by atoms with van der Waals surface area (Å²) in [4.78, 5) is 25.1. The zero-order valence-corrected chi connectivity index (χ0v) is 7.57. The maximum absolute atomic E-state index is 11.7. The molecule has 1 aromatic rings. The van der Waals surface area contributed by atoms with E-state index in [9.17, 15) is 14.1 Å². The van der Waals surface area contributed by atoms with Crippen molar-refractivity contribution in [1.82, 2.24) is 0 Å². The van der Waals surface area contributed by atoms with Gasteiger partial charge < -0.3 is 0 Å². The van der Waals surface area contributed by atoms with Crippen LogP contribution in [0.1, 0.15) is 18.4 Å². The van der Waals surface area contributed by atoms with E-state index in [0.29, 0.717) is 5.56 Å². The Hall–Kier alpha value is -1.71. The largest absolute Gasteiger partial charge is 0.363 e. The lowest BCUT2D eigenvalue weighted by Gasteiger charge is -2.08. The Bertz CT molecular complexity index is 334. The van der Waals surface area contributed by atoms with Crippen LogP contribution in [-0.4, -0.2) is 11.8 Å². The highest BCUT2D eigenvalue weighted by atomic mass is 19.3. The topological polar surface area (TPSA) is 43.4 Å². The fraction of sp³-hybridized carbons (Fsp3) is 0.200. The Morgan fingerprint density at radius 3 is 2.29 bits per heavy atom. The van der Waals surface area contributed by atoms with Crippen molar-refractivity contribution in [2.75, 3.05) is 0 Å². The fourth-order valence-corrected chi connectivity index (χ4v) is 1.23. The van der Waals surface area contributed by atoms with Gasteiger partial charge in [-0.15, -0.1) is 0 Å². The molecular formula is C10H9FO3. The van der Waals surface area contributed by atoms with Crippen molar-refractivity contribution in [2.24, 2.45) is 0 Å². The third kappa shape index (κ3) is 2.16. The summed E-state index contributed by atoms with van der Waals surface area (Å²) in [5, 5.41) is 0. The SMILES string of the molecule is CC(=O)C(C(=O)OF)c1ccccc1. The molecule has 0 fully saturated rings. The van der Waals surface area contributed by atoms with E-state index in [1.165, 1.54) is 6.92 Å². The maximum atomic E-state index is 11.7. The van der Waals surface area contributed by atoms with Crippen LogP contribution in [0, 0.1) is 0 Å². The van der Waals surface area contributed by atoms with Gasteiger partial charge in [0.1, 0.15) is 11.7 Å². The first-order valence-electron chi connectivity index (χ1n) is 4.04. The molecule has 0 amide bonds. The average Bonchev–Trinajstić information content (AvgIpc) is 2.19. The quantitative estimate of drug-likeness (QED) is 0.692. The van der Waals surface area contributed by atoms with Gasteiger partial charge in [0.2, 0.25) is 0 Å². The summed E-state index contributed by atoms with van der Waals surface area (Å²) in [6.45, 7) is 1.22. The molecule has 14 heavy (non-hydrogen) atoms. The third-order valence-electron chi connectivity index (χ3n) is 1.85. The molecule has 0 bridgehead atoms. The molecule has 0 aliphatic rings. The summed E-state index contributed by atoms with van der Waals surface area (Å²) in [6, 6.07) is 8.21. The normalized spacial score (nSPS) is 11.9. The van der Waals surface area contributed by atoms with Crippen molar-refractivity contribution < 1.29 is 19.1 Å². The molecule has 0 aliphatic heterocycles. The van der Waals surface area contributed by atoms with Gasteiger partial charge in [-0.05, 0) is 12.5 Å². The number of carbonyl (C=O) groups excluding carboxylic acids is 2. The smallest absolute Gasteiger partial charge is 0.299 e. The Morgan fingerprint density at radius 1 is 1.29 bits per heavy atom. The first-order valence-corrected chi connectivity index (χ1v) is 4.04. The Kier molecular flexibility index (Phi) is 3.34. The van der Waals surface area contributed by atoms with Crippen LogP contribution in [0.4, 0.5) is 4.53 Å². The molecular weight excluding hydrogens is 187 g/mol. The van der Waals surface area contributed by atoms with Crippen LogP contribution < -0.4 is 0 Å². The zero-order valence-electron chi connectivity index (χ0n) is 7.57. The summed E-state index contributed by atoms with van der Waals surface area (Å²) in [5.74, 6) is -2.79. The molecule has 74 valence electrons. The van der Waals surface area contributed by atoms with Crippen molar-refractivity contribution in [3.05, 3.63) is 35.9 Å². The summed E-state index contributed by atoms with van der Waals surface area (Å²) in [7, 11) is 0. The van der Waals surface area contributed by atoms with Crippen molar-refractivity contribution >= 4 is 11.8 Å². The molecule has 1 unspecified atom stereocenters. The van der Waals surface area contributed by atoms with Gasteiger partial charge in [-0.3, -0.25) is 9.74 Å². The van der Waals surface area contributed by atoms with E-state index >= 15 is 0 Å². The number of rotatable bonds is 3. The maximum Gasteiger partial charge on any atom is 0.363 e. The van der Waals surface area contributed by atoms with Gasteiger partial charge in [0.15, 0.2) is 0 Å². The lowest BCUT2D eigenvalue weighted by molar-refractivity contribution is -0.185. The van der Waals surface area contributed by atoms with Gasteiger partial charge >= 0.3 is 5.97 Å². The number of hydrogen-bond acceptors (Lipinski definition) is 3. The van der Waals surface area contributed by atoms with Gasteiger partial charge in [0.05, 0.1) is 0 Å². The predicted molar refractivity (Wildman–Crippen MR) is 47.1 cm³/mol. The first-order chi connectivity index (χ1) is 6.66. The van der Waals surface area contributed by atoms with Crippen LogP contribution in [0.25, 0.3) is 0 Å². The number of halogens is 1. The van der Waals surface area contributed by atoms with E-state index in [1.54, 1.807) is 30.3 Å². The van der Waals surface area contributed by atoms with Crippen molar-refractivity contribution in [3.8, 4) is 0 Å². The number of hydrogen-bond donors (Lipinski definition) is 0. The Morgan fingerprint density at radius 2 is 1.86 bits per heavy atom. The lowest BCUT2D eigenvalue weighted by Crippen LogP contribution is -2.19. The van der Waals surface area contributed by atoms with Crippen molar-refractivity contribution in [3.63, 3.8) is 0 Å². The second kappa shape index (κ2) is 4.50. The number of Topliss-reactive ketones (excluding diaryl/α,β-unsaturated/α-hetero) is 1. The predicted octanol–water partition coefficient (Wildman–Crippen LogP) is 1.79. The molecule has 0 aromatic heterocycles. The molecule has 0 heterocycles. The minimum atomic E-state index is -1.18. The standard InChI is InChI=1S/C10H9FO3/c1-7(12)9(10(13)14-11)8-5-3-2-4-6-8/h2-6,9H,1H3. The summed E-state index contributed by atoms with van der Waals surface area (Å²) in [5.41, 5.74) is 0.433. The van der Waals surface area contributed by atoms with E-state index in [-0.39, 0.29) is 0 Å². The van der Waals surface area contributed by atoms with Crippen molar-refractivity contribution in [2.45, 2.75) is 12.8 Å².